The number of anilines is 1. The van der Waals surface area contributed by atoms with Crippen molar-refractivity contribution in [1.29, 1.82) is 0 Å². The molecule has 0 radical (unpaired) electrons. The first-order valence-electron chi connectivity index (χ1n) is 7.75. The maximum absolute atomic E-state index is 12.2. The zero-order valence-corrected chi connectivity index (χ0v) is 13.4. The molecule has 2 aliphatic rings. The van der Waals surface area contributed by atoms with Gasteiger partial charge in [-0.2, -0.15) is 0 Å². The van der Waals surface area contributed by atoms with Crippen LogP contribution in [0.5, 0.6) is 0 Å². The van der Waals surface area contributed by atoms with Gasteiger partial charge in [-0.1, -0.05) is 12.8 Å². The molecule has 1 saturated carbocycles. The van der Waals surface area contributed by atoms with E-state index < -0.39 is 12.0 Å². The lowest BCUT2D eigenvalue weighted by Gasteiger charge is -2.32. The Morgan fingerprint density at radius 3 is 2.91 bits per heavy atom. The van der Waals surface area contributed by atoms with E-state index in [0.717, 1.165) is 25.0 Å². The Hall–Kier alpha value is -1.47. The van der Waals surface area contributed by atoms with Crippen LogP contribution in [0, 0.1) is 12.8 Å². The first kappa shape index (κ1) is 15.4. The number of nitrogens with one attached hydrogen (secondary N) is 1. The third kappa shape index (κ3) is 3.15. The normalized spacial score (nSPS) is 28.3. The summed E-state index contributed by atoms with van der Waals surface area (Å²) < 4.78 is 0. The van der Waals surface area contributed by atoms with Gasteiger partial charge in [0.05, 0.1) is 12.2 Å². The quantitative estimate of drug-likeness (QED) is 0.887. The summed E-state index contributed by atoms with van der Waals surface area (Å²) >= 11 is 1.39. The molecule has 1 saturated heterocycles. The molecule has 1 aliphatic heterocycles. The Bertz CT molecular complexity index is 574. The van der Waals surface area contributed by atoms with Crippen LogP contribution in [-0.4, -0.2) is 45.5 Å². The van der Waals surface area contributed by atoms with Crippen molar-refractivity contribution in [2.45, 2.75) is 51.1 Å². The van der Waals surface area contributed by atoms with Gasteiger partial charge in [-0.25, -0.2) is 4.98 Å². The predicted molar refractivity (Wildman–Crippen MR) is 84.0 cm³/mol. The standard InChI is InChI=1S/C15H21N3O3S/c1-9-8-22-15(16-9)17-13(19)7-18-11-5-3-2-4-10(11)6-12(18)14(20)21/h8,10-12H,2-7H2,1H3,(H,20,21)(H,16,17,19)/t10-,11-,12-/m0/s1. The molecule has 2 fully saturated rings. The molecule has 7 heteroatoms. The number of hydrogen-bond donors (Lipinski definition) is 2. The largest absolute Gasteiger partial charge is 0.480 e. The number of carboxylic acid groups (broad SMARTS) is 1. The van der Waals surface area contributed by atoms with Crippen LogP contribution in [0.15, 0.2) is 5.38 Å². The fraction of sp³-hybridized carbons (Fsp3) is 0.667. The van der Waals surface area contributed by atoms with Crippen molar-refractivity contribution < 1.29 is 14.7 Å². The highest BCUT2D eigenvalue weighted by Crippen LogP contribution is 2.39. The van der Waals surface area contributed by atoms with Gasteiger partial charge in [0, 0.05) is 11.4 Å². The molecule has 1 aliphatic carbocycles. The third-order valence-corrected chi connectivity index (χ3v) is 5.57. The number of aryl methyl sites for hydroxylation is 1. The lowest BCUT2D eigenvalue weighted by atomic mass is 9.85. The van der Waals surface area contributed by atoms with Gasteiger partial charge in [-0.15, -0.1) is 11.3 Å². The second-order valence-corrected chi connectivity index (χ2v) is 7.07. The van der Waals surface area contributed by atoms with Crippen molar-refractivity contribution in [3.63, 3.8) is 0 Å². The van der Waals surface area contributed by atoms with Crippen molar-refractivity contribution in [1.82, 2.24) is 9.88 Å². The van der Waals surface area contributed by atoms with Gasteiger partial charge < -0.3 is 10.4 Å². The maximum atomic E-state index is 12.2. The SMILES string of the molecule is Cc1csc(NC(=O)CN2[C@H](C(=O)O)C[C@@H]3CCCC[C@@H]32)n1. The minimum atomic E-state index is -0.813. The number of hydrogen-bond acceptors (Lipinski definition) is 5. The average Bonchev–Trinajstić information content (AvgIpc) is 3.03. The number of fused-ring (bicyclic) bond motifs is 1. The Kier molecular flexibility index (Phi) is 4.44. The van der Waals surface area contributed by atoms with E-state index in [1.165, 1.54) is 17.8 Å². The van der Waals surface area contributed by atoms with Gasteiger partial charge in [0.1, 0.15) is 6.04 Å². The van der Waals surface area contributed by atoms with Gasteiger partial charge >= 0.3 is 5.97 Å². The first-order chi connectivity index (χ1) is 10.5. The van der Waals surface area contributed by atoms with E-state index in [0.29, 0.717) is 17.5 Å². The molecule has 0 bridgehead atoms. The van der Waals surface area contributed by atoms with E-state index in [9.17, 15) is 14.7 Å². The van der Waals surface area contributed by atoms with E-state index in [1.54, 1.807) is 0 Å². The number of carboxylic acids is 1. The topological polar surface area (TPSA) is 82.5 Å². The second-order valence-electron chi connectivity index (χ2n) is 6.22. The van der Waals surface area contributed by atoms with Crippen LogP contribution < -0.4 is 5.32 Å². The number of nitrogens with zero attached hydrogens (tertiary/aromatic N) is 2. The maximum Gasteiger partial charge on any atom is 0.320 e. The van der Waals surface area contributed by atoms with Crippen LogP contribution in [0.25, 0.3) is 0 Å². The van der Waals surface area contributed by atoms with Crippen LogP contribution in [0.2, 0.25) is 0 Å². The minimum Gasteiger partial charge on any atom is -0.480 e. The summed E-state index contributed by atoms with van der Waals surface area (Å²) in [5, 5.41) is 14.7. The Morgan fingerprint density at radius 1 is 1.45 bits per heavy atom. The number of rotatable bonds is 4. The van der Waals surface area contributed by atoms with Crippen LogP contribution >= 0.6 is 11.3 Å². The molecule has 1 amide bonds. The zero-order valence-electron chi connectivity index (χ0n) is 12.6. The van der Waals surface area contributed by atoms with Crippen molar-refractivity contribution in [3.8, 4) is 0 Å². The number of aliphatic carboxylic acids is 1. The number of carbonyl (C=O) groups excluding carboxylic acids is 1. The fourth-order valence-corrected chi connectivity index (χ4v) is 4.46. The summed E-state index contributed by atoms with van der Waals surface area (Å²) in [5.41, 5.74) is 0.872. The van der Waals surface area contributed by atoms with E-state index in [2.05, 4.69) is 10.3 Å². The van der Waals surface area contributed by atoms with Gasteiger partial charge in [0.15, 0.2) is 5.13 Å². The molecule has 6 nitrogen and oxygen atoms in total. The summed E-state index contributed by atoms with van der Waals surface area (Å²) in [4.78, 5) is 29.9. The van der Waals surface area contributed by atoms with Gasteiger partial charge in [-0.3, -0.25) is 14.5 Å². The first-order valence-corrected chi connectivity index (χ1v) is 8.63. The number of likely N-dealkylation sites (tertiary alicyclic amines) is 1. The zero-order chi connectivity index (χ0) is 15.7. The number of aromatic nitrogens is 1. The molecule has 0 spiro atoms. The Labute approximate surface area is 133 Å². The van der Waals surface area contributed by atoms with E-state index in [1.807, 2.05) is 17.2 Å². The Morgan fingerprint density at radius 2 is 2.23 bits per heavy atom. The molecule has 3 rings (SSSR count). The number of thiazole rings is 1. The number of amides is 1. The molecule has 120 valence electrons. The molecule has 3 atom stereocenters. The van der Waals surface area contributed by atoms with Gasteiger partial charge in [0.25, 0.3) is 0 Å². The van der Waals surface area contributed by atoms with Gasteiger partial charge in [-0.05, 0) is 32.1 Å². The fourth-order valence-electron chi connectivity index (χ4n) is 3.76. The molecule has 0 unspecified atom stereocenters. The van der Waals surface area contributed by atoms with E-state index in [4.69, 9.17) is 0 Å². The summed E-state index contributed by atoms with van der Waals surface area (Å²) in [6, 6.07) is -0.296. The van der Waals surface area contributed by atoms with Crippen LogP contribution in [0.4, 0.5) is 5.13 Å². The summed E-state index contributed by atoms with van der Waals surface area (Å²) in [7, 11) is 0. The van der Waals surface area contributed by atoms with Crippen LogP contribution in [-0.2, 0) is 9.59 Å². The van der Waals surface area contributed by atoms with Crippen molar-refractivity contribution in [2.24, 2.45) is 5.92 Å². The Balaban J connectivity index is 1.67. The lowest BCUT2D eigenvalue weighted by molar-refractivity contribution is -0.143. The van der Waals surface area contributed by atoms with E-state index in [-0.39, 0.29) is 18.5 Å². The second kappa shape index (κ2) is 6.34. The highest BCUT2D eigenvalue weighted by atomic mass is 32.1. The smallest absolute Gasteiger partial charge is 0.320 e. The average molecular weight is 323 g/mol. The highest BCUT2D eigenvalue weighted by Gasteiger charge is 2.45. The molecule has 22 heavy (non-hydrogen) atoms. The van der Waals surface area contributed by atoms with Crippen molar-refractivity contribution >= 4 is 28.3 Å². The summed E-state index contributed by atoms with van der Waals surface area (Å²) in [6.45, 7) is 2.01. The summed E-state index contributed by atoms with van der Waals surface area (Å²) in [5.74, 6) is -0.566. The minimum absolute atomic E-state index is 0.136. The molecule has 1 aromatic heterocycles. The number of carbonyl (C=O) groups is 2. The molecule has 0 aromatic carbocycles. The molecule has 1 aromatic rings. The lowest BCUT2D eigenvalue weighted by Crippen LogP contribution is -2.46. The third-order valence-electron chi connectivity index (χ3n) is 4.70. The molecular formula is C15H21N3O3S. The molecular weight excluding hydrogens is 302 g/mol. The monoisotopic (exact) mass is 323 g/mol. The van der Waals surface area contributed by atoms with Crippen LogP contribution in [0.1, 0.15) is 37.8 Å². The van der Waals surface area contributed by atoms with Crippen molar-refractivity contribution in [3.05, 3.63) is 11.1 Å². The van der Waals surface area contributed by atoms with Crippen LogP contribution in [0.3, 0.4) is 0 Å². The van der Waals surface area contributed by atoms with Crippen molar-refractivity contribution in [2.75, 3.05) is 11.9 Å². The molecule has 2 N–H and O–H groups in total. The highest BCUT2D eigenvalue weighted by molar-refractivity contribution is 7.13. The van der Waals surface area contributed by atoms with E-state index >= 15 is 0 Å². The van der Waals surface area contributed by atoms with Gasteiger partial charge in [0.2, 0.25) is 5.91 Å². The summed E-state index contributed by atoms with van der Waals surface area (Å²) in [6.07, 6.45) is 5.04. The molecule has 2 heterocycles. The predicted octanol–water partition coefficient (Wildman–Crippen LogP) is 2.11.